The van der Waals surface area contributed by atoms with Gasteiger partial charge in [0.2, 0.25) is 0 Å². The van der Waals surface area contributed by atoms with E-state index in [4.69, 9.17) is 27.2 Å². The Hall–Kier alpha value is -1.33. The third-order valence-electron chi connectivity index (χ3n) is 2.04. The SMILES string of the molecule is COc1c(Cl)cc(F)cc1C(N)CC(=O)O. The van der Waals surface area contributed by atoms with Crippen molar-refractivity contribution in [3.8, 4) is 5.75 Å². The van der Waals surface area contributed by atoms with Crippen molar-refractivity contribution < 1.29 is 19.0 Å². The highest BCUT2D eigenvalue weighted by atomic mass is 35.5. The fourth-order valence-electron chi connectivity index (χ4n) is 1.37. The number of carboxylic acid groups (broad SMARTS) is 1. The van der Waals surface area contributed by atoms with Gasteiger partial charge < -0.3 is 15.6 Å². The number of halogens is 2. The summed E-state index contributed by atoms with van der Waals surface area (Å²) in [5, 5.41) is 8.67. The van der Waals surface area contributed by atoms with Crippen molar-refractivity contribution in [2.75, 3.05) is 7.11 Å². The van der Waals surface area contributed by atoms with Gasteiger partial charge in [0.1, 0.15) is 11.6 Å². The highest BCUT2D eigenvalue weighted by molar-refractivity contribution is 6.32. The Morgan fingerprint density at radius 3 is 2.81 bits per heavy atom. The normalized spacial score (nSPS) is 12.2. The number of hydrogen-bond donors (Lipinski definition) is 2. The Morgan fingerprint density at radius 2 is 2.31 bits per heavy atom. The minimum atomic E-state index is -1.07. The summed E-state index contributed by atoms with van der Waals surface area (Å²) >= 11 is 5.75. The van der Waals surface area contributed by atoms with Crippen LogP contribution in [0.1, 0.15) is 18.0 Å². The third-order valence-corrected chi connectivity index (χ3v) is 2.32. The van der Waals surface area contributed by atoms with Crippen LogP contribution in [-0.4, -0.2) is 18.2 Å². The van der Waals surface area contributed by atoms with Gasteiger partial charge in [-0.2, -0.15) is 0 Å². The van der Waals surface area contributed by atoms with Crippen LogP contribution in [-0.2, 0) is 4.79 Å². The molecule has 0 aliphatic rings. The zero-order chi connectivity index (χ0) is 12.3. The predicted molar refractivity (Wildman–Crippen MR) is 57.1 cm³/mol. The summed E-state index contributed by atoms with van der Waals surface area (Å²) in [5.41, 5.74) is 5.87. The third kappa shape index (κ3) is 2.84. The van der Waals surface area contributed by atoms with Gasteiger partial charge in [-0.3, -0.25) is 4.79 Å². The van der Waals surface area contributed by atoms with E-state index in [1.54, 1.807) is 0 Å². The Bertz CT molecular complexity index is 411. The molecule has 1 unspecified atom stereocenters. The van der Waals surface area contributed by atoms with Gasteiger partial charge in [-0.15, -0.1) is 0 Å². The van der Waals surface area contributed by atoms with Gasteiger partial charge in [-0.25, -0.2) is 4.39 Å². The first-order chi connectivity index (χ1) is 7.45. The van der Waals surface area contributed by atoms with Crippen LogP contribution in [0.25, 0.3) is 0 Å². The minimum absolute atomic E-state index is 0.0679. The number of aliphatic carboxylic acids is 1. The molecule has 1 atom stereocenters. The molecule has 1 aromatic rings. The predicted octanol–water partition coefficient (Wildman–Crippen LogP) is 1.96. The van der Waals surface area contributed by atoms with E-state index in [1.165, 1.54) is 7.11 Å². The van der Waals surface area contributed by atoms with E-state index in [0.717, 1.165) is 12.1 Å². The maximum Gasteiger partial charge on any atom is 0.305 e. The smallest absolute Gasteiger partial charge is 0.305 e. The first kappa shape index (κ1) is 12.7. The Labute approximate surface area is 96.8 Å². The topological polar surface area (TPSA) is 72.5 Å². The molecule has 0 bridgehead atoms. The highest BCUT2D eigenvalue weighted by Gasteiger charge is 2.18. The second kappa shape index (κ2) is 5.14. The summed E-state index contributed by atoms with van der Waals surface area (Å²) in [6.45, 7) is 0. The van der Waals surface area contributed by atoms with E-state index in [1.807, 2.05) is 0 Å². The van der Waals surface area contributed by atoms with Crippen LogP contribution in [0.5, 0.6) is 5.75 Å². The fourth-order valence-corrected chi connectivity index (χ4v) is 1.66. The molecule has 0 radical (unpaired) electrons. The summed E-state index contributed by atoms with van der Waals surface area (Å²) in [5.74, 6) is -1.45. The molecular weight excluding hydrogens is 237 g/mol. The van der Waals surface area contributed by atoms with Crippen molar-refractivity contribution in [1.82, 2.24) is 0 Å². The number of methoxy groups -OCH3 is 1. The minimum Gasteiger partial charge on any atom is -0.495 e. The summed E-state index contributed by atoms with van der Waals surface area (Å²) < 4.78 is 18.1. The van der Waals surface area contributed by atoms with Crippen LogP contribution in [0.3, 0.4) is 0 Å². The average molecular weight is 248 g/mol. The molecule has 0 saturated carbocycles. The van der Waals surface area contributed by atoms with E-state index < -0.39 is 17.8 Å². The van der Waals surface area contributed by atoms with Gasteiger partial charge in [-0.1, -0.05) is 11.6 Å². The largest absolute Gasteiger partial charge is 0.495 e. The van der Waals surface area contributed by atoms with E-state index in [9.17, 15) is 9.18 Å². The first-order valence-electron chi connectivity index (χ1n) is 4.46. The first-order valence-corrected chi connectivity index (χ1v) is 4.83. The number of benzene rings is 1. The summed E-state index contributed by atoms with van der Waals surface area (Å²) in [6, 6.07) is 1.34. The molecule has 1 rings (SSSR count). The zero-order valence-corrected chi connectivity index (χ0v) is 9.29. The number of ether oxygens (including phenoxy) is 1. The molecule has 3 N–H and O–H groups in total. The van der Waals surface area contributed by atoms with E-state index in [0.29, 0.717) is 0 Å². The standard InChI is InChI=1S/C10H11ClFNO3/c1-16-10-6(8(13)4-9(14)15)2-5(12)3-7(10)11/h2-3,8H,4,13H2,1H3,(H,14,15). The molecular formula is C10H11ClFNO3. The lowest BCUT2D eigenvalue weighted by Gasteiger charge is -2.15. The van der Waals surface area contributed by atoms with E-state index in [2.05, 4.69) is 0 Å². The lowest BCUT2D eigenvalue weighted by atomic mass is 10.0. The van der Waals surface area contributed by atoms with Crippen molar-refractivity contribution in [3.63, 3.8) is 0 Å². The van der Waals surface area contributed by atoms with Crippen molar-refractivity contribution in [1.29, 1.82) is 0 Å². The Morgan fingerprint density at radius 1 is 1.69 bits per heavy atom. The number of carboxylic acids is 1. The molecule has 88 valence electrons. The Balaban J connectivity index is 3.15. The quantitative estimate of drug-likeness (QED) is 0.853. The molecule has 0 aliphatic heterocycles. The highest BCUT2D eigenvalue weighted by Crippen LogP contribution is 2.33. The van der Waals surface area contributed by atoms with Crippen molar-refractivity contribution in [2.24, 2.45) is 5.73 Å². The van der Waals surface area contributed by atoms with Gasteiger partial charge in [0, 0.05) is 11.6 Å². The molecule has 0 aromatic heterocycles. The summed E-state index contributed by atoms with van der Waals surface area (Å²) in [7, 11) is 1.36. The lowest BCUT2D eigenvalue weighted by Crippen LogP contribution is -2.16. The molecule has 4 nitrogen and oxygen atoms in total. The van der Waals surface area contributed by atoms with Crippen molar-refractivity contribution >= 4 is 17.6 Å². The molecule has 6 heteroatoms. The van der Waals surface area contributed by atoms with Crippen LogP contribution in [0, 0.1) is 5.82 Å². The molecule has 0 heterocycles. The maximum atomic E-state index is 13.1. The van der Waals surface area contributed by atoms with Gasteiger partial charge >= 0.3 is 5.97 Å². The van der Waals surface area contributed by atoms with Crippen LogP contribution < -0.4 is 10.5 Å². The lowest BCUT2D eigenvalue weighted by molar-refractivity contribution is -0.137. The van der Waals surface area contributed by atoms with Crippen molar-refractivity contribution in [2.45, 2.75) is 12.5 Å². The van der Waals surface area contributed by atoms with Crippen LogP contribution >= 0.6 is 11.6 Å². The maximum absolute atomic E-state index is 13.1. The molecule has 1 aromatic carbocycles. The molecule has 16 heavy (non-hydrogen) atoms. The van der Waals surface area contributed by atoms with Gasteiger partial charge in [0.15, 0.2) is 0 Å². The van der Waals surface area contributed by atoms with Crippen LogP contribution in [0.2, 0.25) is 5.02 Å². The number of hydrogen-bond acceptors (Lipinski definition) is 3. The fraction of sp³-hybridized carbons (Fsp3) is 0.300. The molecule has 0 saturated heterocycles. The summed E-state index contributed by atoms with van der Waals surface area (Å²) in [4.78, 5) is 10.5. The molecule has 0 amide bonds. The number of carbonyl (C=O) groups is 1. The molecule has 0 fully saturated rings. The van der Waals surface area contributed by atoms with Gasteiger partial charge in [0.25, 0.3) is 0 Å². The second-order valence-corrected chi connectivity index (χ2v) is 3.62. The average Bonchev–Trinajstić information content (AvgIpc) is 2.15. The van der Waals surface area contributed by atoms with Crippen LogP contribution in [0.4, 0.5) is 4.39 Å². The summed E-state index contributed by atoms with van der Waals surface area (Å²) in [6.07, 6.45) is -0.323. The molecule has 0 spiro atoms. The van der Waals surface area contributed by atoms with Gasteiger partial charge in [0.05, 0.1) is 18.6 Å². The monoisotopic (exact) mass is 247 g/mol. The Kier molecular flexibility index (Phi) is 4.09. The van der Waals surface area contributed by atoms with Gasteiger partial charge in [-0.05, 0) is 12.1 Å². The van der Waals surface area contributed by atoms with E-state index in [-0.39, 0.29) is 22.8 Å². The van der Waals surface area contributed by atoms with Crippen LogP contribution in [0.15, 0.2) is 12.1 Å². The van der Waals surface area contributed by atoms with E-state index >= 15 is 0 Å². The zero-order valence-electron chi connectivity index (χ0n) is 8.54. The second-order valence-electron chi connectivity index (χ2n) is 3.21. The number of rotatable bonds is 4. The molecule has 0 aliphatic carbocycles. The van der Waals surface area contributed by atoms with Crippen molar-refractivity contribution in [3.05, 3.63) is 28.5 Å². The number of nitrogens with two attached hydrogens (primary N) is 1.